The first-order valence-electron chi connectivity index (χ1n) is 13.0. The summed E-state index contributed by atoms with van der Waals surface area (Å²) < 4.78 is 27.2. The van der Waals surface area contributed by atoms with Gasteiger partial charge >= 0.3 is 0 Å². The molecule has 1 fully saturated rings. The number of nitrogens with zero attached hydrogens (tertiary/aromatic N) is 1. The van der Waals surface area contributed by atoms with Crippen LogP contribution < -0.4 is 10.6 Å². The number of carbonyl (C=O) groups is 2. The van der Waals surface area contributed by atoms with Crippen molar-refractivity contribution < 1.29 is 18.0 Å². The van der Waals surface area contributed by atoms with E-state index >= 15 is 0 Å². The highest BCUT2D eigenvalue weighted by molar-refractivity contribution is 7.88. The molecule has 7 nitrogen and oxygen atoms in total. The minimum Gasteiger partial charge on any atom is -0.326 e. The first-order valence-corrected chi connectivity index (χ1v) is 15.0. The fourth-order valence-electron chi connectivity index (χ4n) is 4.54. The average molecular weight is 568 g/mol. The number of rotatable bonds is 7. The number of nitrogens with one attached hydrogen (secondary N) is 2. The molecular weight excluding hydrogens is 534 g/mol. The van der Waals surface area contributed by atoms with Crippen molar-refractivity contribution in [3.8, 4) is 0 Å². The van der Waals surface area contributed by atoms with Gasteiger partial charge in [0.2, 0.25) is 15.9 Å². The Morgan fingerprint density at radius 3 is 2.13 bits per heavy atom. The molecule has 1 aliphatic rings. The number of benzene rings is 3. The molecule has 39 heavy (non-hydrogen) atoms. The monoisotopic (exact) mass is 567 g/mol. The Hall–Kier alpha value is -3.20. The number of hydrogen-bond acceptors (Lipinski definition) is 4. The highest BCUT2D eigenvalue weighted by atomic mass is 35.5. The smallest absolute Gasteiger partial charge is 0.255 e. The highest BCUT2D eigenvalue weighted by Gasteiger charge is 2.31. The van der Waals surface area contributed by atoms with Crippen LogP contribution in [0.4, 0.5) is 11.4 Å². The number of anilines is 2. The molecule has 1 heterocycles. The van der Waals surface area contributed by atoms with Crippen molar-refractivity contribution in [2.45, 2.75) is 44.8 Å². The second-order valence-corrected chi connectivity index (χ2v) is 13.2. The van der Waals surface area contributed by atoms with E-state index < -0.39 is 10.0 Å². The minimum absolute atomic E-state index is 0.00286. The van der Waals surface area contributed by atoms with Gasteiger partial charge in [0.05, 0.1) is 5.75 Å². The normalized spacial score (nSPS) is 15.1. The highest BCUT2D eigenvalue weighted by Crippen LogP contribution is 2.26. The van der Waals surface area contributed by atoms with Crippen LogP contribution in [0, 0.1) is 5.92 Å². The summed E-state index contributed by atoms with van der Waals surface area (Å²) in [5.74, 6) is -0.872. The van der Waals surface area contributed by atoms with E-state index in [-0.39, 0.29) is 42.0 Å². The number of piperidine rings is 1. The molecule has 3 aromatic rings. The molecule has 0 spiro atoms. The minimum atomic E-state index is -3.54. The molecule has 2 amide bonds. The maximum absolute atomic E-state index is 12.9. The summed E-state index contributed by atoms with van der Waals surface area (Å²) in [5, 5.41) is 6.22. The summed E-state index contributed by atoms with van der Waals surface area (Å²) in [7, 11) is -3.54. The number of halogens is 1. The lowest BCUT2D eigenvalue weighted by atomic mass is 9.87. The molecule has 0 atom stereocenters. The second-order valence-electron chi connectivity index (χ2n) is 10.9. The van der Waals surface area contributed by atoms with E-state index in [1.54, 1.807) is 48.5 Å². The van der Waals surface area contributed by atoms with Gasteiger partial charge in [-0.3, -0.25) is 9.59 Å². The third-order valence-corrected chi connectivity index (χ3v) is 9.11. The standard InChI is InChI=1S/C30H34ClN3O4S/c1-30(2,3)24-13-11-21(12-14-24)28(35)32-25-8-6-9-26(19-25)33-29(36)22-15-17-34(18-16-22)39(37,38)20-23-7-4-5-10-27(23)31/h4-14,19,22H,15-18,20H2,1-3H3,(H,32,35)(H,33,36). The van der Waals surface area contributed by atoms with Gasteiger partial charge in [0, 0.05) is 41.0 Å². The van der Waals surface area contributed by atoms with E-state index in [4.69, 9.17) is 11.6 Å². The van der Waals surface area contributed by atoms with Crippen molar-refractivity contribution in [1.29, 1.82) is 0 Å². The molecule has 206 valence electrons. The Morgan fingerprint density at radius 2 is 1.51 bits per heavy atom. The van der Waals surface area contributed by atoms with Crippen LogP contribution in [0.25, 0.3) is 0 Å². The lowest BCUT2D eigenvalue weighted by Crippen LogP contribution is -2.41. The molecule has 1 saturated heterocycles. The summed E-state index contributed by atoms with van der Waals surface area (Å²) in [6.45, 7) is 6.91. The molecule has 0 radical (unpaired) electrons. The second kappa shape index (κ2) is 11.9. The van der Waals surface area contributed by atoms with Gasteiger partial charge in [-0.25, -0.2) is 12.7 Å². The van der Waals surface area contributed by atoms with Gasteiger partial charge in [-0.2, -0.15) is 0 Å². The van der Waals surface area contributed by atoms with Crippen molar-refractivity contribution >= 4 is 44.8 Å². The zero-order chi connectivity index (χ0) is 28.2. The third-order valence-electron chi connectivity index (χ3n) is 6.91. The zero-order valence-electron chi connectivity index (χ0n) is 22.4. The molecule has 0 bridgehead atoms. The van der Waals surface area contributed by atoms with Crippen LogP contribution in [-0.2, 0) is 26.0 Å². The van der Waals surface area contributed by atoms with Crippen LogP contribution in [0.15, 0.2) is 72.8 Å². The zero-order valence-corrected chi connectivity index (χ0v) is 24.0. The molecule has 0 aliphatic carbocycles. The van der Waals surface area contributed by atoms with E-state index in [0.29, 0.717) is 40.4 Å². The van der Waals surface area contributed by atoms with Gasteiger partial charge in [-0.15, -0.1) is 0 Å². The fraction of sp³-hybridized carbons (Fsp3) is 0.333. The van der Waals surface area contributed by atoms with Gasteiger partial charge < -0.3 is 10.6 Å². The largest absolute Gasteiger partial charge is 0.326 e. The van der Waals surface area contributed by atoms with Crippen molar-refractivity contribution in [3.05, 3.63) is 94.5 Å². The van der Waals surface area contributed by atoms with Gasteiger partial charge in [0.15, 0.2) is 0 Å². The molecule has 4 rings (SSSR count). The molecule has 3 aromatic carbocycles. The Morgan fingerprint density at radius 1 is 0.897 bits per heavy atom. The fourth-order valence-corrected chi connectivity index (χ4v) is 6.42. The van der Waals surface area contributed by atoms with E-state index in [0.717, 1.165) is 5.56 Å². The lowest BCUT2D eigenvalue weighted by Gasteiger charge is -2.30. The van der Waals surface area contributed by atoms with Gasteiger partial charge in [0.1, 0.15) is 0 Å². The predicted molar refractivity (Wildman–Crippen MR) is 157 cm³/mol. The van der Waals surface area contributed by atoms with Crippen molar-refractivity contribution in [2.75, 3.05) is 23.7 Å². The van der Waals surface area contributed by atoms with Crippen LogP contribution in [0.3, 0.4) is 0 Å². The topological polar surface area (TPSA) is 95.6 Å². The Kier molecular flexibility index (Phi) is 8.79. The number of hydrogen-bond donors (Lipinski definition) is 2. The van der Waals surface area contributed by atoms with Gasteiger partial charge in [-0.05, 0) is 65.8 Å². The summed E-state index contributed by atoms with van der Waals surface area (Å²) in [6.07, 6.45) is 0.850. The van der Waals surface area contributed by atoms with E-state index in [2.05, 4.69) is 31.4 Å². The summed E-state index contributed by atoms with van der Waals surface area (Å²) in [4.78, 5) is 25.7. The maximum atomic E-state index is 12.9. The van der Waals surface area contributed by atoms with Crippen LogP contribution in [0.5, 0.6) is 0 Å². The predicted octanol–water partition coefficient (Wildman–Crippen LogP) is 6.07. The molecular formula is C30H34ClN3O4S. The first kappa shape index (κ1) is 28.8. The molecule has 0 aromatic heterocycles. The molecule has 0 unspecified atom stereocenters. The van der Waals surface area contributed by atoms with Crippen LogP contribution >= 0.6 is 11.6 Å². The van der Waals surface area contributed by atoms with Crippen LogP contribution in [0.2, 0.25) is 5.02 Å². The van der Waals surface area contributed by atoms with Gasteiger partial charge in [-0.1, -0.05) is 68.8 Å². The van der Waals surface area contributed by atoms with Crippen molar-refractivity contribution in [1.82, 2.24) is 4.31 Å². The molecule has 0 saturated carbocycles. The Bertz CT molecular complexity index is 1440. The lowest BCUT2D eigenvalue weighted by molar-refractivity contribution is -0.120. The first-order chi connectivity index (χ1) is 18.4. The molecule has 2 N–H and O–H groups in total. The van der Waals surface area contributed by atoms with E-state index in [1.165, 1.54) is 4.31 Å². The Labute approximate surface area is 235 Å². The summed E-state index contributed by atoms with van der Waals surface area (Å²) in [6, 6.07) is 21.4. The quantitative estimate of drug-likeness (QED) is 0.362. The number of sulfonamides is 1. The average Bonchev–Trinajstić information content (AvgIpc) is 2.90. The van der Waals surface area contributed by atoms with Gasteiger partial charge in [0.25, 0.3) is 5.91 Å². The van der Waals surface area contributed by atoms with Crippen molar-refractivity contribution in [3.63, 3.8) is 0 Å². The summed E-state index contributed by atoms with van der Waals surface area (Å²) in [5.41, 5.74) is 3.39. The number of amides is 2. The number of carbonyl (C=O) groups excluding carboxylic acids is 2. The molecule has 1 aliphatic heterocycles. The summed E-state index contributed by atoms with van der Waals surface area (Å²) >= 11 is 6.14. The Balaban J connectivity index is 1.31. The molecule has 9 heteroatoms. The third kappa shape index (κ3) is 7.47. The van der Waals surface area contributed by atoms with Crippen molar-refractivity contribution in [2.24, 2.45) is 5.92 Å². The van der Waals surface area contributed by atoms with E-state index in [9.17, 15) is 18.0 Å². The van der Waals surface area contributed by atoms with Crippen LogP contribution in [-0.4, -0.2) is 37.6 Å². The van der Waals surface area contributed by atoms with E-state index in [1.807, 2.05) is 24.3 Å². The van der Waals surface area contributed by atoms with Crippen LogP contribution in [0.1, 0.15) is 55.1 Å². The maximum Gasteiger partial charge on any atom is 0.255 e. The SMILES string of the molecule is CC(C)(C)c1ccc(C(=O)Nc2cccc(NC(=O)C3CCN(S(=O)(=O)Cc4ccccc4Cl)CC3)c2)cc1.